The second-order valence-corrected chi connectivity index (χ2v) is 6.50. The van der Waals surface area contributed by atoms with Crippen LogP contribution in [0.15, 0.2) is 24.3 Å². The van der Waals surface area contributed by atoms with Crippen molar-refractivity contribution in [2.75, 3.05) is 19.6 Å². The fourth-order valence-electron chi connectivity index (χ4n) is 2.68. The second-order valence-electron chi connectivity index (χ2n) is 6.06. The molecule has 3 nitrogen and oxygen atoms in total. The lowest BCUT2D eigenvalue weighted by Crippen LogP contribution is -2.62. The monoisotopic (exact) mass is 314 g/mol. The van der Waals surface area contributed by atoms with Gasteiger partial charge in [0.15, 0.2) is 0 Å². The molecule has 1 aromatic carbocycles. The summed E-state index contributed by atoms with van der Waals surface area (Å²) in [5.41, 5.74) is 0.491. The summed E-state index contributed by atoms with van der Waals surface area (Å²) >= 11 is 5.85. The van der Waals surface area contributed by atoms with Crippen LogP contribution in [0, 0.1) is 11.3 Å². The molecule has 1 saturated carbocycles. The lowest BCUT2D eigenvalue weighted by Gasteiger charge is -2.41. The lowest BCUT2D eigenvalue weighted by molar-refractivity contribution is -0.134. The largest absolute Gasteiger partial charge is 0.355 e. The van der Waals surface area contributed by atoms with Gasteiger partial charge in [-0.1, -0.05) is 23.7 Å². The van der Waals surface area contributed by atoms with Crippen LogP contribution in [0.2, 0.25) is 5.02 Å². The molecule has 1 aromatic rings. The quantitative estimate of drug-likeness (QED) is 0.875. The Morgan fingerprint density at radius 1 is 1.33 bits per heavy atom. The highest BCUT2D eigenvalue weighted by Crippen LogP contribution is 2.48. The predicted molar refractivity (Wildman–Crippen MR) is 76.5 cm³/mol. The molecule has 21 heavy (non-hydrogen) atoms. The smallest absolute Gasteiger partial charge is 0.253 e. The van der Waals surface area contributed by atoms with E-state index in [1.807, 2.05) is 12.1 Å². The van der Waals surface area contributed by atoms with Gasteiger partial charge in [0.25, 0.3) is 5.92 Å². The molecule has 1 heterocycles. The van der Waals surface area contributed by atoms with E-state index < -0.39 is 17.3 Å². The Kier molecular flexibility index (Phi) is 3.66. The zero-order valence-corrected chi connectivity index (χ0v) is 12.2. The molecule has 0 spiro atoms. The number of alkyl halides is 2. The Labute approximate surface area is 127 Å². The van der Waals surface area contributed by atoms with E-state index in [0.717, 1.165) is 5.56 Å². The van der Waals surface area contributed by atoms with Crippen LogP contribution in [0.3, 0.4) is 0 Å². The predicted octanol–water partition coefficient (Wildman–Crippen LogP) is 2.24. The van der Waals surface area contributed by atoms with Crippen LogP contribution < -0.4 is 10.6 Å². The van der Waals surface area contributed by atoms with Gasteiger partial charge in [-0.25, -0.2) is 8.78 Å². The van der Waals surface area contributed by atoms with Crippen LogP contribution >= 0.6 is 11.6 Å². The van der Waals surface area contributed by atoms with Gasteiger partial charge in [0, 0.05) is 37.0 Å². The fourth-order valence-corrected chi connectivity index (χ4v) is 2.81. The van der Waals surface area contributed by atoms with Gasteiger partial charge in [-0.2, -0.15) is 0 Å². The summed E-state index contributed by atoms with van der Waals surface area (Å²) < 4.78 is 25.7. The highest BCUT2D eigenvalue weighted by molar-refractivity contribution is 6.30. The summed E-state index contributed by atoms with van der Waals surface area (Å²) in [4.78, 5) is 12.3. The summed E-state index contributed by atoms with van der Waals surface area (Å²) in [6.07, 6.45) is 0.472. The summed E-state index contributed by atoms with van der Waals surface area (Å²) in [7, 11) is 0. The van der Waals surface area contributed by atoms with Crippen molar-refractivity contribution in [1.29, 1.82) is 0 Å². The maximum atomic E-state index is 12.8. The molecule has 2 aliphatic rings. The van der Waals surface area contributed by atoms with E-state index >= 15 is 0 Å². The Morgan fingerprint density at radius 3 is 2.43 bits per heavy atom. The SMILES string of the molecule is O=C(NCC1CC1(F)F)C1(Cc2ccc(Cl)cc2)CNC1. The standard InChI is InChI=1S/C15H17ClF2N2O/c16-12-3-1-10(2-4-12)5-14(8-19-9-14)13(21)20-7-11-6-15(11,17)18/h1-4,11,19H,5-9H2,(H,20,21). The third kappa shape index (κ3) is 3.04. The van der Waals surface area contributed by atoms with E-state index in [2.05, 4.69) is 10.6 Å². The molecule has 1 saturated heterocycles. The van der Waals surface area contributed by atoms with Gasteiger partial charge >= 0.3 is 0 Å². The number of hydrogen-bond acceptors (Lipinski definition) is 2. The molecule has 2 N–H and O–H groups in total. The lowest BCUT2D eigenvalue weighted by atomic mass is 9.75. The number of benzene rings is 1. The van der Waals surface area contributed by atoms with Crippen molar-refractivity contribution in [2.24, 2.45) is 11.3 Å². The van der Waals surface area contributed by atoms with Crippen LogP contribution in [-0.2, 0) is 11.2 Å². The van der Waals surface area contributed by atoms with E-state index in [4.69, 9.17) is 11.6 Å². The minimum Gasteiger partial charge on any atom is -0.355 e. The zero-order valence-electron chi connectivity index (χ0n) is 11.5. The van der Waals surface area contributed by atoms with Crippen LogP contribution in [0.25, 0.3) is 0 Å². The van der Waals surface area contributed by atoms with Gasteiger partial charge in [-0.3, -0.25) is 4.79 Å². The summed E-state index contributed by atoms with van der Waals surface area (Å²) in [6, 6.07) is 7.37. The topological polar surface area (TPSA) is 41.1 Å². The minimum atomic E-state index is -2.59. The first-order chi connectivity index (χ1) is 9.91. The number of halogens is 3. The average Bonchev–Trinajstić information content (AvgIpc) is 3.01. The molecular weight excluding hydrogens is 298 g/mol. The van der Waals surface area contributed by atoms with Gasteiger partial charge in [-0.05, 0) is 24.1 Å². The number of rotatable bonds is 5. The maximum Gasteiger partial charge on any atom is 0.253 e. The van der Waals surface area contributed by atoms with Gasteiger partial charge < -0.3 is 10.6 Å². The van der Waals surface area contributed by atoms with Crippen molar-refractivity contribution in [3.63, 3.8) is 0 Å². The first-order valence-electron chi connectivity index (χ1n) is 7.03. The number of carbonyl (C=O) groups is 1. The zero-order chi connectivity index (χ0) is 15.1. The first-order valence-corrected chi connectivity index (χ1v) is 7.40. The highest BCUT2D eigenvalue weighted by atomic mass is 35.5. The molecule has 3 rings (SSSR count). The number of amides is 1. The third-order valence-electron chi connectivity index (χ3n) is 4.33. The Balaban J connectivity index is 1.60. The van der Waals surface area contributed by atoms with Crippen LogP contribution in [0.4, 0.5) is 8.78 Å². The van der Waals surface area contributed by atoms with Crippen LogP contribution in [-0.4, -0.2) is 31.5 Å². The first kappa shape index (κ1) is 14.7. The Morgan fingerprint density at radius 2 is 1.95 bits per heavy atom. The summed E-state index contributed by atoms with van der Waals surface area (Å²) in [6.45, 7) is 1.21. The number of hydrogen-bond donors (Lipinski definition) is 2. The summed E-state index contributed by atoms with van der Waals surface area (Å²) in [5.74, 6) is -3.42. The van der Waals surface area contributed by atoms with E-state index in [9.17, 15) is 13.6 Å². The molecule has 0 bridgehead atoms. The van der Waals surface area contributed by atoms with Gasteiger partial charge in [0.05, 0.1) is 5.41 Å². The molecule has 0 aromatic heterocycles. The maximum absolute atomic E-state index is 12.8. The molecule has 1 aliphatic heterocycles. The number of nitrogens with one attached hydrogen (secondary N) is 2. The van der Waals surface area contributed by atoms with E-state index in [1.165, 1.54) is 0 Å². The normalized spacial score (nSPS) is 25.0. The van der Waals surface area contributed by atoms with Crippen LogP contribution in [0.5, 0.6) is 0 Å². The molecule has 1 unspecified atom stereocenters. The van der Waals surface area contributed by atoms with Gasteiger partial charge in [0.1, 0.15) is 0 Å². The van der Waals surface area contributed by atoms with Gasteiger partial charge in [0.2, 0.25) is 5.91 Å². The van der Waals surface area contributed by atoms with Crippen molar-refractivity contribution < 1.29 is 13.6 Å². The van der Waals surface area contributed by atoms with Crippen molar-refractivity contribution >= 4 is 17.5 Å². The van der Waals surface area contributed by atoms with Crippen molar-refractivity contribution in [2.45, 2.75) is 18.8 Å². The molecule has 1 aliphatic carbocycles. The Bertz CT molecular complexity index is 543. The van der Waals surface area contributed by atoms with E-state index in [0.29, 0.717) is 24.5 Å². The molecular formula is C15H17ClF2N2O. The molecule has 1 amide bonds. The second kappa shape index (κ2) is 5.21. The van der Waals surface area contributed by atoms with Crippen LogP contribution in [0.1, 0.15) is 12.0 Å². The fraction of sp³-hybridized carbons (Fsp3) is 0.533. The number of carbonyl (C=O) groups excluding carboxylic acids is 1. The highest BCUT2D eigenvalue weighted by Gasteiger charge is 2.57. The Hall–Kier alpha value is -1.20. The average molecular weight is 315 g/mol. The van der Waals surface area contributed by atoms with Gasteiger partial charge in [-0.15, -0.1) is 0 Å². The third-order valence-corrected chi connectivity index (χ3v) is 4.58. The van der Waals surface area contributed by atoms with Crippen molar-refractivity contribution in [3.8, 4) is 0 Å². The van der Waals surface area contributed by atoms with Crippen molar-refractivity contribution in [1.82, 2.24) is 10.6 Å². The molecule has 114 valence electrons. The molecule has 6 heteroatoms. The molecule has 1 atom stereocenters. The minimum absolute atomic E-state index is 0.0637. The van der Waals surface area contributed by atoms with Crippen molar-refractivity contribution in [3.05, 3.63) is 34.9 Å². The molecule has 0 radical (unpaired) electrons. The van der Waals surface area contributed by atoms with E-state index in [1.54, 1.807) is 12.1 Å². The molecule has 2 fully saturated rings. The summed E-state index contributed by atoms with van der Waals surface area (Å²) in [5, 5.41) is 6.44. The van der Waals surface area contributed by atoms with E-state index in [-0.39, 0.29) is 18.9 Å².